The monoisotopic (exact) mass is 324 g/mol. The maximum absolute atomic E-state index is 11.7. The van der Waals surface area contributed by atoms with Crippen molar-refractivity contribution in [3.63, 3.8) is 0 Å². The molecule has 0 aliphatic carbocycles. The van der Waals surface area contributed by atoms with Gasteiger partial charge in [0.2, 0.25) is 0 Å². The van der Waals surface area contributed by atoms with Gasteiger partial charge in [0.25, 0.3) is 0 Å². The molecule has 0 atom stereocenters. The Morgan fingerprint density at radius 1 is 0.680 bits per heavy atom. The highest BCUT2D eigenvalue weighted by Gasteiger charge is 2.13. The highest BCUT2D eigenvalue weighted by atomic mass is 16.1. The van der Waals surface area contributed by atoms with E-state index in [0.717, 1.165) is 33.5 Å². The minimum absolute atomic E-state index is 0.0251. The minimum Gasteiger partial charge on any atom is -0.295 e. The van der Waals surface area contributed by atoms with Gasteiger partial charge in [-0.25, -0.2) is 9.97 Å². The van der Waals surface area contributed by atoms with E-state index in [0.29, 0.717) is 5.56 Å². The largest absolute Gasteiger partial charge is 0.295 e. The lowest BCUT2D eigenvalue weighted by Crippen LogP contribution is -1.98. The molecule has 4 rings (SSSR count). The van der Waals surface area contributed by atoms with Crippen molar-refractivity contribution in [2.75, 3.05) is 0 Å². The van der Waals surface area contributed by atoms with Gasteiger partial charge in [-0.05, 0) is 25.1 Å². The maximum Gasteiger partial charge on any atom is 0.159 e. The summed E-state index contributed by atoms with van der Waals surface area (Å²) in [4.78, 5) is 21.4. The van der Waals surface area contributed by atoms with Gasteiger partial charge in [-0.2, -0.15) is 0 Å². The summed E-state index contributed by atoms with van der Waals surface area (Å²) in [6.07, 6.45) is 0. The fourth-order valence-electron chi connectivity index (χ4n) is 2.87. The molecule has 0 fully saturated rings. The number of rotatable bonds is 3. The van der Waals surface area contributed by atoms with Crippen molar-refractivity contribution in [3.8, 4) is 22.5 Å². The number of nitrogens with zero attached hydrogens (tertiary/aromatic N) is 2. The van der Waals surface area contributed by atoms with Gasteiger partial charge in [0.15, 0.2) is 5.78 Å². The van der Waals surface area contributed by atoms with Crippen LogP contribution in [0.15, 0.2) is 78.9 Å². The normalized spacial score (nSPS) is 10.8. The molecular weight excluding hydrogens is 308 g/mol. The van der Waals surface area contributed by atoms with E-state index in [1.807, 2.05) is 72.8 Å². The van der Waals surface area contributed by atoms with Crippen LogP contribution >= 0.6 is 0 Å². The minimum atomic E-state index is 0.0251. The molecule has 0 N–H and O–H groups in total. The number of carbonyl (C=O) groups excluding carboxylic acids is 1. The summed E-state index contributed by atoms with van der Waals surface area (Å²) >= 11 is 0. The Hall–Kier alpha value is -3.33. The van der Waals surface area contributed by atoms with E-state index < -0.39 is 0 Å². The van der Waals surface area contributed by atoms with E-state index in [2.05, 4.69) is 0 Å². The summed E-state index contributed by atoms with van der Waals surface area (Å²) in [5.74, 6) is 0.0251. The molecule has 0 aliphatic heterocycles. The summed E-state index contributed by atoms with van der Waals surface area (Å²) in [5.41, 5.74) is 5.84. The lowest BCUT2D eigenvalue weighted by molar-refractivity contribution is 0.101. The van der Waals surface area contributed by atoms with Gasteiger partial charge in [0, 0.05) is 16.7 Å². The highest BCUT2D eigenvalue weighted by molar-refractivity contribution is 5.98. The first kappa shape index (κ1) is 15.2. The first-order chi connectivity index (χ1) is 12.2. The molecule has 0 bridgehead atoms. The summed E-state index contributed by atoms with van der Waals surface area (Å²) in [7, 11) is 0. The van der Waals surface area contributed by atoms with Crippen LogP contribution in [0.2, 0.25) is 0 Å². The molecule has 3 aromatic carbocycles. The van der Waals surface area contributed by atoms with Gasteiger partial charge in [-0.3, -0.25) is 4.79 Å². The summed E-state index contributed by atoms with van der Waals surface area (Å²) in [6.45, 7) is 1.56. The zero-order chi connectivity index (χ0) is 17.2. The number of ketones is 1. The number of aromatic nitrogens is 2. The Bertz CT molecular complexity index is 1060. The van der Waals surface area contributed by atoms with Crippen LogP contribution in [0.25, 0.3) is 33.5 Å². The van der Waals surface area contributed by atoms with Crippen LogP contribution in [-0.4, -0.2) is 15.8 Å². The molecule has 3 heteroatoms. The third kappa shape index (κ3) is 2.92. The Morgan fingerprint density at radius 2 is 1.20 bits per heavy atom. The average Bonchev–Trinajstić information content (AvgIpc) is 2.68. The number of Topliss-reactive ketones (excluding diaryl/α,β-unsaturated/α-hetero) is 1. The molecular formula is C22H16N2O. The maximum atomic E-state index is 11.7. The molecule has 1 heterocycles. The van der Waals surface area contributed by atoms with Gasteiger partial charge in [0.05, 0.1) is 22.4 Å². The van der Waals surface area contributed by atoms with Crippen molar-refractivity contribution in [3.05, 3.63) is 84.4 Å². The topological polar surface area (TPSA) is 42.9 Å². The van der Waals surface area contributed by atoms with Gasteiger partial charge < -0.3 is 0 Å². The summed E-state index contributed by atoms with van der Waals surface area (Å²) in [6, 6.07) is 25.5. The predicted octanol–water partition coefficient (Wildman–Crippen LogP) is 5.17. The fourth-order valence-corrected chi connectivity index (χ4v) is 2.87. The van der Waals surface area contributed by atoms with Crippen molar-refractivity contribution in [1.82, 2.24) is 9.97 Å². The molecule has 4 aromatic rings. The third-order valence-electron chi connectivity index (χ3n) is 4.17. The van der Waals surface area contributed by atoms with Crippen molar-refractivity contribution in [2.45, 2.75) is 6.92 Å². The van der Waals surface area contributed by atoms with E-state index >= 15 is 0 Å². The fraction of sp³-hybridized carbons (Fsp3) is 0.0455. The van der Waals surface area contributed by atoms with Crippen molar-refractivity contribution >= 4 is 16.8 Å². The molecule has 1 aromatic heterocycles. The van der Waals surface area contributed by atoms with Gasteiger partial charge in [0.1, 0.15) is 0 Å². The smallest absolute Gasteiger partial charge is 0.159 e. The van der Waals surface area contributed by atoms with E-state index in [9.17, 15) is 4.79 Å². The zero-order valence-electron chi connectivity index (χ0n) is 13.8. The number of carbonyl (C=O) groups is 1. The van der Waals surface area contributed by atoms with Gasteiger partial charge in [-0.1, -0.05) is 60.7 Å². The molecule has 0 amide bonds. The lowest BCUT2D eigenvalue weighted by Gasteiger charge is -2.11. The Balaban J connectivity index is 2.02. The molecule has 0 unspecified atom stereocenters. The number of hydrogen-bond donors (Lipinski definition) is 0. The molecule has 25 heavy (non-hydrogen) atoms. The summed E-state index contributed by atoms with van der Waals surface area (Å²) in [5, 5.41) is 0. The van der Waals surface area contributed by atoms with Crippen LogP contribution in [0.4, 0.5) is 0 Å². The van der Waals surface area contributed by atoms with Crippen molar-refractivity contribution < 1.29 is 4.79 Å². The van der Waals surface area contributed by atoms with E-state index in [-0.39, 0.29) is 5.78 Å². The zero-order valence-corrected chi connectivity index (χ0v) is 13.8. The highest BCUT2D eigenvalue weighted by Crippen LogP contribution is 2.31. The van der Waals surface area contributed by atoms with Crippen LogP contribution in [-0.2, 0) is 0 Å². The van der Waals surface area contributed by atoms with E-state index in [1.165, 1.54) is 0 Å². The standard InChI is InChI=1S/C22H16N2O/c1-15(25)18-12-13-19-20(14-18)24-22(17-10-6-3-7-11-17)21(23-19)16-8-4-2-5-9-16/h2-14H,1H3. The number of hydrogen-bond acceptors (Lipinski definition) is 3. The van der Waals surface area contributed by atoms with E-state index in [4.69, 9.17) is 9.97 Å². The van der Waals surface area contributed by atoms with E-state index in [1.54, 1.807) is 13.0 Å². The third-order valence-corrected chi connectivity index (χ3v) is 4.17. The molecule has 0 saturated heterocycles. The summed E-state index contributed by atoms with van der Waals surface area (Å²) < 4.78 is 0. The second-order valence-corrected chi connectivity index (χ2v) is 5.91. The average molecular weight is 324 g/mol. The Kier molecular flexibility index (Phi) is 3.82. The molecule has 120 valence electrons. The van der Waals surface area contributed by atoms with Crippen LogP contribution in [0.3, 0.4) is 0 Å². The first-order valence-corrected chi connectivity index (χ1v) is 8.16. The van der Waals surface area contributed by atoms with Crippen LogP contribution in [0, 0.1) is 0 Å². The van der Waals surface area contributed by atoms with Crippen LogP contribution in [0.1, 0.15) is 17.3 Å². The Morgan fingerprint density at radius 3 is 1.72 bits per heavy atom. The second kappa shape index (κ2) is 6.29. The van der Waals surface area contributed by atoms with Gasteiger partial charge in [-0.15, -0.1) is 0 Å². The number of benzene rings is 3. The van der Waals surface area contributed by atoms with Crippen molar-refractivity contribution in [2.24, 2.45) is 0 Å². The predicted molar refractivity (Wildman–Crippen MR) is 100 cm³/mol. The SMILES string of the molecule is CC(=O)c1ccc2nc(-c3ccccc3)c(-c3ccccc3)nc2c1. The lowest BCUT2D eigenvalue weighted by atomic mass is 10.0. The van der Waals surface area contributed by atoms with Crippen molar-refractivity contribution in [1.29, 1.82) is 0 Å². The molecule has 0 saturated carbocycles. The molecule has 3 nitrogen and oxygen atoms in total. The molecule has 0 radical (unpaired) electrons. The van der Waals surface area contributed by atoms with Crippen LogP contribution in [0.5, 0.6) is 0 Å². The quantitative estimate of drug-likeness (QED) is 0.488. The Labute approximate surface area is 146 Å². The first-order valence-electron chi connectivity index (χ1n) is 8.16. The second-order valence-electron chi connectivity index (χ2n) is 5.91. The van der Waals surface area contributed by atoms with Crippen LogP contribution < -0.4 is 0 Å². The molecule has 0 aliphatic rings. The van der Waals surface area contributed by atoms with Gasteiger partial charge >= 0.3 is 0 Å². The number of fused-ring (bicyclic) bond motifs is 1. The molecule has 0 spiro atoms.